The maximum Gasteiger partial charge on any atom is 0.186 e. The Morgan fingerprint density at radius 1 is 1.22 bits per heavy atom. The van der Waals surface area contributed by atoms with Crippen molar-refractivity contribution < 1.29 is 13.6 Å². The highest BCUT2D eigenvalue weighted by atomic mass is 19.2. The molecular formula is C14H19F2NO. The quantitative estimate of drug-likeness (QED) is 0.753. The van der Waals surface area contributed by atoms with Gasteiger partial charge in [-0.3, -0.25) is 9.69 Å². The first-order valence-corrected chi connectivity index (χ1v) is 6.07. The molecule has 0 radical (unpaired) electrons. The number of ketones is 1. The number of Topliss-reactive ketones (excluding diaryl/α,β-unsaturated/α-hetero) is 1. The first kappa shape index (κ1) is 14.8. The third-order valence-corrected chi connectivity index (χ3v) is 3.64. The molecule has 0 unspecified atom stereocenters. The number of carbonyl (C=O) groups is 1. The Balaban J connectivity index is 3.31. The topological polar surface area (TPSA) is 20.3 Å². The SMILES string of the molecule is CCC(CC)(C(=O)c1cccc(F)c1F)N(C)C. The number of hydrogen-bond acceptors (Lipinski definition) is 2. The highest BCUT2D eigenvalue weighted by Gasteiger charge is 2.39. The van der Waals surface area contributed by atoms with Crippen molar-refractivity contribution >= 4 is 5.78 Å². The molecule has 100 valence electrons. The molecule has 0 aliphatic heterocycles. The number of carbonyl (C=O) groups excluding carboxylic acids is 1. The second-order valence-corrected chi connectivity index (χ2v) is 4.56. The molecule has 18 heavy (non-hydrogen) atoms. The molecule has 0 aromatic heterocycles. The number of likely N-dealkylation sites (N-methyl/N-ethyl adjacent to an activating group) is 1. The summed E-state index contributed by atoms with van der Waals surface area (Å²) in [7, 11) is 3.56. The van der Waals surface area contributed by atoms with Crippen molar-refractivity contribution in [2.75, 3.05) is 14.1 Å². The van der Waals surface area contributed by atoms with Crippen LogP contribution >= 0.6 is 0 Å². The maximum absolute atomic E-state index is 13.7. The summed E-state index contributed by atoms with van der Waals surface area (Å²) in [6.45, 7) is 3.75. The predicted molar refractivity (Wildman–Crippen MR) is 67.7 cm³/mol. The normalized spacial score (nSPS) is 11.9. The Morgan fingerprint density at radius 3 is 2.22 bits per heavy atom. The molecule has 4 heteroatoms. The van der Waals surface area contributed by atoms with Gasteiger partial charge in [-0.05, 0) is 39.1 Å². The van der Waals surface area contributed by atoms with E-state index in [1.165, 1.54) is 12.1 Å². The van der Waals surface area contributed by atoms with Crippen molar-refractivity contribution in [3.63, 3.8) is 0 Å². The van der Waals surface area contributed by atoms with E-state index in [0.717, 1.165) is 6.07 Å². The molecule has 0 atom stereocenters. The van der Waals surface area contributed by atoms with Crippen molar-refractivity contribution in [1.29, 1.82) is 0 Å². The van der Waals surface area contributed by atoms with E-state index in [9.17, 15) is 13.6 Å². The first-order chi connectivity index (χ1) is 8.40. The van der Waals surface area contributed by atoms with Crippen LogP contribution in [-0.4, -0.2) is 30.3 Å². The molecule has 0 spiro atoms. The smallest absolute Gasteiger partial charge is 0.186 e. The third-order valence-electron chi connectivity index (χ3n) is 3.64. The summed E-state index contributed by atoms with van der Waals surface area (Å²) < 4.78 is 26.9. The van der Waals surface area contributed by atoms with Gasteiger partial charge in [0.15, 0.2) is 17.4 Å². The molecule has 1 aromatic carbocycles. The Labute approximate surface area is 107 Å². The molecule has 0 N–H and O–H groups in total. The fourth-order valence-corrected chi connectivity index (χ4v) is 2.34. The Morgan fingerprint density at radius 2 is 1.78 bits per heavy atom. The van der Waals surface area contributed by atoms with Gasteiger partial charge in [-0.15, -0.1) is 0 Å². The summed E-state index contributed by atoms with van der Waals surface area (Å²) >= 11 is 0. The number of hydrogen-bond donors (Lipinski definition) is 0. The molecule has 2 nitrogen and oxygen atoms in total. The fourth-order valence-electron chi connectivity index (χ4n) is 2.34. The van der Waals surface area contributed by atoms with Crippen LogP contribution in [0, 0.1) is 11.6 Å². The second kappa shape index (κ2) is 5.57. The number of nitrogens with zero attached hydrogens (tertiary/aromatic N) is 1. The van der Waals surface area contributed by atoms with Crippen LogP contribution in [0.1, 0.15) is 37.0 Å². The highest BCUT2D eigenvalue weighted by Crippen LogP contribution is 2.28. The van der Waals surface area contributed by atoms with E-state index < -0.39 is 17.2 Å². The van der Waals surface area contributed by atoms with E-state index in [-0.39, 0.29) is 11.3 Å². The zero-order chi connectivity index (χ0) is 13.9. The van der Waals surface area contributed by atoms with Gasteiger partial charge in [-0.25, -0.2) is 8.78 Å². The molecule has 0 bridgehead atoms. The van der Waals surface area contributed by atoms with Crippen molar-refractivity contribution in [1.82, 2.24) is 4.90 Å². The van der Waals surface area contributed by atoms with Gasteiger partial charge in [-0.1, -0.05) is 19.9 Å². The number of benzene rings is 1. The molecule has 0 amide bonds. The van der Waals surface area contributed by atoms with Crippen molar-refractivity contribution in [2.45, 2.75) is 32.2 Å². The molecule has 0 aliphatic rings. The van der Waals surface area contributed by atoms with Crippen LogP contribution in [0.25, 0.3) is 0 Å². The summed E-state index contributed by atoms with van der Waals surface area (Å²) in [6.07, 6.45) is 1.09. The van der Waals surface area contributed by atoms with Crippen LogP contribution in [0.3, 0.4) is 0 Å². The van der Waals surface area contributed by atoms with Crippen LogP contribution in [-0.2, 0) is 0 Å². The summed E-state index contributed by atoms with van der Waals surface area (Å²) in [6, 6.07) is 3.71. The average Bonchev–Trinajstić information content (AvgIpc) is 2.34. The maximum atomic E-state index is 13.7. The average molecular weight is 255 g/mol. The molecule has 0 heterocycles. The van der Waals surface area contributed by atoms with E-state index in [4.69, 9.17) is 0 Å². The molecule has 0 fully saturated rings. The van der Waals surface area contributed by atoms with Crippen molar-refractivity contribution in [3.05, 3.63) is 35.4 Å². The summed E-state index contributed by atoms with van der Waals surface area (Å²) in [5.41, 5.74) is -0.957. The zero-order valence-electron chi connectivity index (χ0n) is 11.3. The van der Waals surface area contributed by atoms with Crippen LogP contribution < -0.4 is 0 Å². The molecule has 0 saturated carbocycles. The van der Waals surface area contributed by atoms with Gasteiger partial charge in [0.05, 0.1) is 11.1 Å². The minimum absolute atomic E-state index is 0.174. The predicted octanol–water partition coefficient (Wildman–Crippen LogP) is 3.27. The lowest BCUT2D eigenvalue weighted by molar-refractivity contribution is 0.0650. The zero-order valence-corrected chi connectivity index (χ0v) is 11.3. The van der Waals surface area contributed by atoms with Crippen LogP contribution in [0.15, 0.2) is 18.2 Å². The Hall–Kier alpha value is -1.29. The molecule has 1 rings (SSSR count). The standard InChI is InChI=1S/C14H19F2NO/c1-5-14(6-2,17(3)4)13(18)10-8-7-9-11(15)12(10)16/h7-9H,5-6H2,1-4H3. The fraction of sp³-hybridized carbons (Fsp3) is 0.500. The van der Waals surface area contributed by atoms with E-state index in [0.29, 0.717) is 12.8 Å². The van der Waals surface area contributed by atoms with Gasteiger partial charge in [0.25, 0.3) is 0 Å². The summed E-state index contributed by atoms with van der Waals surface area (Å²) in [5.74, 6) is -2.41. The van der Waals surface area contributed by atoms with E-state index in [1.54, 1.807) is 19.0 Å². The largest absolute Gasteiger partial charge is 0.297 e. The van der Waals surface area contributed by atoms with Gasteiger partial charge >= 0.3 is 0 Å². The van der Waals surface area contributed by atoms with Crippen LogP contribution in [0.2, 0.25) is 0 Å². The van der Waals surface area contributed by atoms with Crippen LogP contribution in [0.4, 0.5) is 8.78 Å². The molecule has 0 saturated heterocycles. The minimum atomic E-state index is -1.06. The van der Waals surface area contributed by atoms with Gasteiger partial charge in [0.2, 0.25) is 0 Å². The van der Waals surface area contributed by atoms with Gasteiger partial charge in [0, 0.05) is 0 Å². The van der Waals surface area contributed by atoms with E-state index in [2.05, 4.69) is 0 Å². The number of halogens is 2. The van der Waals surface area contributed by atoms with E-state index >= 15 is 0 Å². The third kappa shape index (κ3) is 2.29. The Kier molecular flexibility index (Phi) is 4.57. The lowest BCUT2D eigenvalue weighted by Gasteiger charge is -2.37. The summed E-state index contributed by atoms with van der Waals surface area (Å²) in [4.78, 5) is 14.3. The number of rotatable bonds is 5. The van der Waals surface area contributed by atoms with E-state index in [1.807, 2.05) is 13.8 Å². The lowest BCUT2D eigenvalue weighted by Crippen LogP contribution is -2.50. The van der Waals surface area contributed by atoms with Gasteiger partial charge < -0.3 is 0 Å². The van der Waals surface area contributed by atoms with Crippen molar-refractivity contribution in [3.8, 4) is 0 Å². The van der Waals surface area contributed by atoms with Gasteiger partial charge in [0.1, 0.15) is 0 Å². The second-order valence-electron chi connectivity index (χ2n) is 4.56. The van der Waals surface area contributed by atoms with Crippen LogP contribution in [0.5, 0.6) is 0 Å². The molecular weight excluding hydrogens is 236 g/mol. The van der Waals surface area contributed by atoms with Gasteiger partial charge in [-0.2, -0.15) is 0 Å². The highest BCUT2D eigenvalue weighted by molar-refractivity contribution is 6.03. The Bertz CT molecular complexity index is 439. The molecule has 0 aliphatic carbocycles. The minimum Gasteiger partial charge on any atom is -0.297 e. The summed E-state index contributed by atoms with van der Waals surface area (Å²) in [5, 5.41) is 0. The van der Waals surface area contributed by atoms with Crippen molar-refractivity contribution in [2.24, 2.45) is 0 Å². The molecule has 1 aromatic rings. The lowest BCUT2D eigenvalue weighted by atomic mass is 9.83. The first-order valence-electron chi connectivity index (χ1n) is 6.07. The monoisotopic (exact) mass is 255 g/mol.